The third-order valence-electron chi connectivity index (χ3n) is 0. The van der Waals surface area contributed by atoms with E-state index in [4.69, 9.17) is 14.4 Å². The van der Waals surface area contributed by atoms with Crippen LogP contribution in [0.5, 0.6) is 0 Å². The number of quaternary nitrogens is 2. The summed E-state index contributed by atoms with van der Waals surface area (Å²) in [6.07, 6.45) is 0. The van der Waals surface area contributed by atoms with Crippen LogP contribution >= 0.6 is 8.25 Å². The van der Waals surface area contributed by atoms with Crippen molar-refractivity contribution in [1.29, 1.82) is 0 Å². The number of rotatable bonds is 0. The molecule has 0 aromatic carbocycles. The molecule has 0 aliphatic rings. The number of hydrogen-bond acceptors (Lipinski definition) is 3. The molecule has 0 aromatic rings. The highest BCUT2D eigenvalue weighted by molar-refractivity contribution is 7.27. The average Bonchev–Trinajstić information content (AvgIpc) is 1.41. The molecule has 0 heterocycles. The first-order valence-corrected chi connectivity index (χ1v) is 2.14. The molecule has 0 amide bonds. The van der Waals surface area contributed by atoms with E-state index in [1.807, 2.05) is 0 Å². The summed E-state index contributed by atoms with van der Waals surface area (Å²) in [6, 6.07) is 0. The molecule has 0 radical (unpaired) electrons. The minimum absolute atomic E-state index is 0. The highest BCUT2D eigenvalue weighted by Gasteiger charge is 1.53. The zero-order chi connectivity index (χ0) is 5.58. The van der Waals surface area contributed by atoms with Gasteiger partial charge in [-0.1, -0.05) is 4.57 Å². The van der Waals surface area contributed by atoms with E-state index in [0.29, 0.717) is 0 Å². The van der Waals surface area contributed by atoms with Crippen molar-refractivity contribution >= 4 is 8.25 Å². The predicted octanol–water partition coefficient (Wildman–Crippen LogP) is -0.0810. The molecule has 0 aliphatic heterocycles. The molecular formula is C2H12N2O3P+. The molecule has 0 rings (SSSR count). The van der Waals surface area contributed by atoms with E-state index in [0.717, 1.165) is 0 Å². The van der Waals surface area contributed by atoms with Crippen LogP contribution in [0.3, 0.4) is 0 Å². The number of hydrogen-bond donors (Lipinski definition) is 2. The third kappa shape index (κ3) is 1210. The van der Waals surface area contributed by atoms with Crippen molar-refractivity contribution in [1.82, 2.24) is 12.3 Å². The van der Waals surface area contributed by atoms with E-state index >= 15 is 0 Å². The molecule has 0 aromatic heterocycles. The van der Waals surface area contributed by atoms with Gasteiger partial charge in [-0.2, -0.15) is 0 Å². The Morgan fingerprint density at radius 2 is 1.12 bits per heavy atom. The zero-order valence-corrected chi connectivity index (χ0v) is 5.98. The summed E-state index contributed by atoms with van der Waals surface area (Å²) in [5.74, 6) is 0. The maximum Gasteiger partial charge on any atom is 0.276 e. The Morgan fingerprint density at radius 3 is 1.12 bits per heavy atom. The summed E-state index contributed by atoms with van der Waals surface area (Å²) in [4.78, 5) is 17.0. The van der Waals surface area contributed by atoms with Crippen LogP contribution in [-0.4, -0.2) is 0 Å². The molecule has 0 spiro atoms. The van der Waals surface area contributed by atoms with Gasteiger partial charge < -0.3 is 22.1 Å². The first-order valence-electron chi connectivity index (χ1n) is 1.05. The Hall–Kier alpha value is -0.320. The van der Waals surface area contributed by atoms with Crippen LogP contribution in [0.1, 0.15) is 0 Å². The molecule has 8 N–H and O–H groups in total. The van der Waals surface area contributed by atoms with Crippen molar-refractivity contribution in [2.75, 3.05) is 0 Å². The monoisotopic (exact) mass is 143 g/mol. The standard InChI is InChI=1S/C2H4.2H3N.HO3P/c1-2;;;1-4(2)3/h1-2H2;2*1H3;(H,1,2,3)/p+1. The minimum atomic E-state index is -3.37. The van der Waals surface area contributed by atoms with Crippen molar-refractivity contribution in [3.63, 3.8) is 0 Å². The SMILES string of the molecule is C=C.O=[P+]([O-])[O-].[NH4+].[NH4+]. The van der Waals surface area contributed by atoms with Crippen LogP contribution < -0.4 is 22.1 Å². The van der Waals surface area contributed by atoms with Gasteiger partial charge in [0.2, 0.25) is 0 Å². The molecule has 0 fully saturated rings. The molecule has 6 heteroatoms. The lowest BCUT2D eigenvalue weighted by Crippen LogP contribution is -1.97. The molecule has 0 bridgehead atoms. The van der Waals surface area contributed by atoms with Crippen molar-refractivity contribution in [2.45, 2.75) is 0 Å². The molecule has 8 heavy (non-hydrogen) atoms. The average molecular weight is 143 g/mol. The van der Waals surface area contributed by atoms with E-state index in [1.165, 1.54) is 0 Å². The van der Waals surface area contributed by atoms with E-state index in [9.17, 15) is 0 Å². The molecule has 0 aliphatic carbocycles. The van der Waals surface area contributed by atoms with Gasteiger partial charge in [0.15, 0.2) is 0 Å². The Kier molecular flexibility index (Phi) is 94.9. The second-order valence-electron chi connectivity index (χ2n) is 0.224. The molecule has 5 nitrogen and oxygen atoms in total. The van der Waals surface area contributed by atoms with Crippen molar-refractivity contribution in [3.05, 3.63) is 13.2 Å². The predicted molar refractivity (Wildman–Crippen MR) is 30.8 cm³/mol. The fourth-order valence-corrected chi connectivity index (χ4v) is 0. The van der Waals surface area contributed by atoms with Crippen molar-refractivity contribution < 1.29 is 14.4 Å². The lowest BCUT2D eigenvalue weighted by molar-refractivity contribution is -0.297. The van der Waals surface area contributed by atoms with Crippen LogP contribution in [0.25, 0.3) is 0 Å². The van der Waals surface area contributed by atoms with Gasteiger partial charge in [-0.3, -0.25) is 0 Å². The first-order chi connectivity index (χ1) is 2.73. The topological polar surface area (TPSA) is 136 Å². The quantitative estimate of drug-likeness (QED) is 0.362. The summed E-state index contributed by atoms with van der Waals surface area (Å²) in [7, 11) is -3.37. The van der Waals surface area contributed by atoms with E-state index in [-0.39, 0.29) is 12.3 Å². The fourth-order valence-electron chi connectivity index (χ4n) is 0. The molecule has 52 valence electrons. The van der Waals surface area contributed by atoms with E-state index in [1.54, 1.807) is 0 Å². The van der Waals surface area contributed by atoms with Gasteiger partial charge >= 0.3 is 0 Å². The molecule has 0 unspecified atom stereocenters. The summed E-state index contributed by atoms with van der Waals surface area (Å²) < 4.78 is 8.48. The second kappa shape index (κ2) is 30.0. The Balaban J connectivity index is -0.0000000183. The summed E-state index contributed by atoms with van der Waals surface area (Å²) in [5, 5.41) is 0. The third-order valence-corrected chi connectivity index (χ3v) is 0. The molecule has 0 saturated carbocycles. The van der Waals surface area contributed by atoms with Gasteiger partial charge in [0.25, 0.3) is 8.25 Å². The maximum atomic E-state index is 8.48. The highest BCUT2D eigenvalue weighted by Crippen LogP contribution is 1.79. The van der Waals surface area contributed by atoms with Crippen molar-refractivity contribution in [3.8, 4) is 0 Å². The van der Waals surface area contributed by atoms with Crippen LogP contribution in [0.15, 0.2) is 13.2 Å². The zero-order valence-electron chi connectivity index (χ0n) is 5.09. The molecule has 0 saturated heterocycles. The van der Waals surface area contributed by atoms with Crippen LogP contribution in [0.2, 0.25) is 0 Å². The maximum absolute atomic E-state index is 8.48. The lowest BCUT2D eigenvalue weighted by Gasteiger charge is -1.75. The van der Waals surface area contributed by atoms with Crippen LogP contribution in [-0.2, 0) is 4.57 Å². The highest BCUT2D eigenvalue weighted by atomic mass is 31.1. The van der Waals surface area contributed by atoms with Gasteiger partial charge in [-0.15, -0.1) is 13.2 Å². The fraction of sp³-hybridized carbons (Fsp3) is 0. The Labute approximate surface area is 49.2 Å². The van der Waals surface area contributed by atoms with E-state index < -0.39 is 8.25 Å². The van der Waals surface area contributed by atoms with Gasteiger partial charge in [0, 0.05) is 0 Å². The smallest absolute Gasteiger partial charge is 0.276 e. The van der Waals surface area contributed by atoms with E-state index in [2.05, 4.69) is 13.2 Å². The summed E-state index contributed by atoms with van der Waals surface area (Å²) in [5.41, 5.74) is 0. The van der Waals surface area contributed by atoms with Crippen molar-refractivity contribution in [2.24, 2.45) is 0 Å². The Morgan fingerprint density at radius 1 is 1.12 bits per heavy atom. The summed E-state index contributed by atoms with van der Waals surface area (Å²) in [6.45, 7) is 6.00. The van der Waals surface area contributed by atoms with Gasteiger partial charge in [-0.25, -0.2) is 0 Å². The van der Waals surface area contributed by atoms with Gasteiger partial charge in [-0.05, 0) is 0 Å². The normalized spacial score (nSPS) is 3.75. The van der Waals surface area contributed by atoms with Crippen LogP contribution in [0.4, 0.5) is 0 Å². The second-order valence-corrected chi connectivity index (χ2v) is 0.671. The summed E-state index contributed by atoms with van der Waals surface area (Å²) >= 11 is 0. The van der Waals surface area contributed by atoms with Gasteiger partial charge in [0.1, 0.15) is 0 Å². The van der Waals surface area contributed by atoms with Gasteiger partial charge in [0.05, 0.1) is 0 Å². The Bertz CT molecular complexity index is 46.5. The molecule has 0 atom stereocenters. The minimum Gasteiger partial charge on any atom is -0.598 e. The largest absolute Gasteiger partial charge is 0.598 e. The lowest BCUT2D eigenvalue weighted by atomic mass is 11.3. The molecular weight excluding hydrogens is 131 g/mol. The van der Waals surface area contributed by atoms with Crippen LogP contribution in [0, 0.1) is 0 Å². The first kappa shape index (κ1) is 25.3.